The smallest absolute Gasteiger partial charge is 0.0936 e. The Balaban J connectivity index is 1.62. The molecule has 0 radical (unpaired) electrons. The maximum atomic E-state index is 12.8. The Kier molecular flexibility index (Phi) is 5.63. The van der Waals surface area contributed by atoms with Crippen molar-refractivity contribution in [1.82, 2.24) is 0 Å². The fraction of sp³-hybridized carbons (Fsp3) is 0.391. The molecule has 0 spiro atoms. The second-order valence-electron chi connectivity index (χ2n) is 8.04. The Morgan fingerprint density at radius 2 is 1.24 bits per heavy atom. The SMILES string of the molecule is CCCC1CCC(c2ccc(C=Cc3ccc(S(F)(F)(F)(F)F)cc3)cc2)CC1. The second-order valence-corrected chi connectivity index (χ2v) is 10.5. The van der Waals surface area contributed by atoms with Gasteiger partial charge in [0.15, 0.2) is 0 Å². The summed E-state index contributed by atoms with van der Waals surface area (Å²) in [6.07, 6.45) is 11.0. The molecule has 6 heteroatoms. The molecule has 1 fully saturated rings. The van der Waals surface area contributed by atoms with Crippen molar-refractivity contribution in [2.24, 2.45) is 5.92 Å². The molecule has 0 atom stereocenters. The summed E-state index contributed by atoms with van der Waals surface area (Å²) in [5.41, 5.74) is 2.69. The molecule has 2 aromatic carbocycles. The Hall–Kier alpha value is -1.82. The van der Waals surface area contributed by atoms with Crippen molar-refractivity contribution >= 4 is 22.4 Å². The van der Waals surface area contributed by atoms with Gasteiger partial charge in [-0.05, 0) is 66.3 Å². The quantitative estimate of drug-likeness (QED) is 0.316. The lowest BCUT2D eigenvalue weighted by Crippen LogP contribution is -2.13. The summed E-state index contributed by atoms with van der Waals surface area (Å²) < 4.78 is 63.8. The summed E-state index contributed by atoms with van der Waals surface area (Å²) in [6.45, 7) is 2.24. The van der Waals surface area contributed by atoms with Crippen molar-refractivity contribution < 1.29 is 19.4 Å². The zero-order valence-electron chi connectivity index (χ0n) is 16.5. The van der Waals surface area contributed by atoms with E-state index in [1.54, 1.807) is 12.2 Å². The fourth-order valence-corrected chi connectivity index (χ4v) is 4.75. The van der Waals surface area contributed by atoms with Crippen molar-refractivity contribution in [3.8, 4) is 0 Å². The van der Waals surface area contributed by atoms with Crippen LogP contribution in [0.15, 0.2) is 53.4 Å². The summed E-state index contributed by atoms with van der Waals surface area (Å²) in [6, 6.07) is 11.2. The Bertz CT molecular complexity index is 844. The molecule has 0 heterocycles. The number of benzene rings is 2. The van der Waals surface area contributed by atoms with Crippen LogP contribution in [-0.2, 0) is 0 Å². The molecule has 2 aromatic rings. The largest absolute Gasteiger partial charge is 0.310 e. The molecule has 1 saturated carbocycles. The standard InChI is InChI=1S/C23H27F5S/c1-2-3-18-6-12-21(13-7-18)22-14-8-19(9-15-22)4-5-20-10-16-23(17-11-20)29(24,25,26,27)28/h4-5,8-11,14-18,21H,2-3,6-7,12-13H2,1H3. The lowest BCUT2D eigenvalue weighted by Gasteiger charge is -2.40. The molecule has 0 unspecified atom stereocenters. The zero-order chi connectivity index (χ0) is 21.2. The lowest BCUT2D eigenvalue weighted by atomic mass is 9.77. The van der Waals surface area contributed by atoms with E-state index in [0.29, 0.717) is 23.6 Å². The minimum Gasteiger partial charge on any atom is -0.0936 e. The summed E-state index contributed by atoms with van der Waals surface area (Å²) >= 11 is 0. The van der Waals surface area contributed by atoms with Gasteiger partial charge in [-0.1, -0.05) is 87.7 Å². The highest BCUT2D eigenvalue weighted by Gasteiger charge is 2.65. The van der Waals surface area contributed by atoms with E-state index in [9.17, 15) is 19.4 Å². The zero-order valence-corrected chi connectivity index (χ0v) is 17.3. The van der Waals surface area contributed by atoms with E-state index in [0.717, 1.165) is 23.6 Å². The first-order chi connectivity index (χ1) is 13.4. The van der Waals surface area contributed by atoms with Crippen LogP contribution >= 0.6 is 10.2 Å². The first-order valence-electron chi connectivity index (χ1n) is 10.1. The van der Waals surface area contributed by atoms with Crippen LogP contribution in [0, 0.1) is 5.92 Å². The van der Waals surface area contributed by atoms with E-state index in [-0.39, 0.29) is 0 Å². The van der Waals surface area contributed by atoms with E-state index >= 15 is 0 Å². The van der Waals surface area contributed by atoms with E-state index in [1.807, 2.05) is 12.1 Å². The molecular formula is C23H27F5S. The molecule has 3 rings (SSSR count). The van der Waals surface area contributed by atoms with Crippen LogP contribution in [0.5, 0.6) is 0 Å². The second kappa shape index (κ2) is 7.46. The molecule has 1 aliphatic rings. The van der Waals surface area contributed by atoms with Crippen molar-refractivity contribution in [3.05, 3.63) is 65.2 Å². The Labute approximate surface area is 169 Å². The molecule has 0 amide bonds. The van der Waals surface area contributed by atoms with Gasteiger partial charge in [0.2, 0.25) is 0 Å². The molecule has 0 aromatic heterocycles. The lowest BCUT2D eigenvalue weighted by molar-refractivity contribution is 0.308. The Morgan fingerprint density at radius 3 is 1.69 bits per heavy atom. The van der Waals surface area contributed by atoms with Crippen molar-refractivity contribution in [2.45, 2.75) is 56.3 Å². The van der Waals surface area contributed by atoms with Crippen LogP contribution in [0.2, 0.25) is 0 Å². The van der Waals surface area contributed by atoms with Crippen LogP contribution < -0.4 is 0 Å². The molecule has 0 bridgehead atoms. The van der Waals surface area contributed by atoms with Crippen LogP contribution in [0.25, 0.3) is 12.2 Å². The average molecular weight is 431 g/mol. The molecule has 1 aliphatic carbocycles. The molecule has 0 N–H and O–H groups in total. The topological polar surface area (TPSA) is 0 Å². The van der Waals surface area contributed by atoms with E-state index in [1.165, 1.54) is 44.1 Å². The minimum atomic E-state index is -9.61. The first kappa shape index (κ1) is 21.9. The fourth-order valence-electron chi connectivity index (χ4n) is 4.10. The van der Waals surface area contributed by atoms with Gasteiger partial charge in [-0.25, -0.2) is 0 Å². The third-order valence-corrected chi connectivity index (χ3v) is 6.91. The predicted octanol–water partition coefficient (Wildman–Crippen LogP) is 9.59. The van der Waals surface area contributed by atoms with Gasteiger partial charge in [-0.3, -0.25) is 0 Å². The maximum Gasteiger partial charge on any atom is 0.310 e. The van der Waals surface area contributed by atoms with Crippen molar-refractivity contribution in [1.29, 1.82) is 0 Å². The van der Waals surface area contributed by atoms with Gasteiger partial charge >= 0.3 is 10.2 Å². The van der Waals surface area contributed by atoms with Gasteiger partial charge < -0.3 is 0 Å². The summed E-state index contributed by atoms with van der Waals surface area (Å²) in [5, 5.41) is 0. The molecule has 160 valence electrons. The number of hydrogen-bond acceptors (Lipinski definition) is 0. The minimum absolute atomic E-state index is 0.439. The van der Waals surface area contributed by atoms with Crippen LogP contribution in [0.4, 0.5) is 19.4 Å². The maximum absolute atomic E-state index is 12.8. The first-order valence-corrected chi connectivity index (χ1v) is 12.0. The van der Waals surface area contributed by atoms with Gasteiger partial charge in [0.1, 0.15) is 4.90 Å². The summed E-state index contributed by atoms with van der Waals surface area (Å²) in [5.74, 6) is 1.46. The van der Waals surface area contributed by atoms with Gasteiger partial charge in [-0.2, -0.15) is 0 Å². The van der Waals surface area contributed by atoms with E-state index in [2.05, 4.69) is 19.1 Å². The van der Waals surface area contributed by atoms with Crippen molar-refractivity contribution in [3.63, 3.8) is 0 Å². The third-order valence-electron chi connectivity index (χ3n) is 5.75. The molecular weight excluding hydrogens is 403 g/mol. The number of halogens is 5. The van der Waals surface area contributed by atoms with Gasteiger partial charge in [-0.15, -0.1) is 0 Å². The normalized spacial score (nSPS) is 23.0. The van der Waals surface area contributed by atoms with Crippen molar-refractivity contribution in [2.75, 3.05) is 0 Å². The van der Waals surface area contributed by atoms with E-state index in [4.69, 9.17) is 0 Å². The number of rotatable bonds is 6. The van der Waals surface area contributed by atoms with Crippen LogP contribution in [0.1, 0.15) is 68.1 Å². The summed E-state index contributed by atoms with van der Waals surface area (Å²) in [4.78, 5) is -1.86. The average Bonchev–Trinajstić information content (AvgIpc) is 2.66. The molecule has 0 nitrogen and oxygen atoms in total. The van der Waals surface area contributed by atoms with Crippen LogP contribution in [-0.4, -0.2) is 0 Å². The third kappa shape index (κ3) is 6.08. The highest BCUT2D eigenvalue weighted by atomic mass is 32.5. The van der Waals surface area contributed by atoms with E-state index < -0.39 is 15.1 Å². The molecule has 0 aliphatic heterocycles. The van der Waals surface area contributed by atoms with Gasteiger partial charge in [0.25, 0.3) is 0 Å². The van der Waals surface area contributed by atoms with Gasteiger partial charge in [0.05, 0.1) is 0 Å². The Morgan fingerprint density at radius 1 is 0.759 bits per heavy atom. The summed E-state index contributed by atoms with van der Waals surface area (Å²) in [7, 11) is -9.61. The van der Waals surface area contributed by atoms with Gasteiger partial charge in [0, 0.05) is 0 Å². The molecule has 29 heavy (non-hydrogen) atoms. The monoisotopic (exact) mass is 430 g/mol. The highest BCUT2D eigenvalue weighted by molar-refractivity contribution is 8.45. The van der Waals surface area contributed by atoms with Crippen LogP contribution in [0.3, 0.4) is 0 Å². The predicted molar refractivity (Wildman–Crippen MR) is 113 cm³/mol. The number of hydrogen-bond donors (Lipinski definition) is 0. The highest BCUT2D eigenvalue weighted by Crippen LogP contribution is 3.02. The molecule has 0 saturated heterocycles.